The monoisotopic (exact) mass is 140 g/mol. The van der Waals surface area contributed by atoms with E-state index in [0.717, 1.165) is 0 Å². The fourth-order valence-corrected chi connectivity index (χ4v) is 0.842. The molecule has 54 valence electrons. The molecule has 2 radical (unpaired) electrons. The number of rotatable bonds is 0. The second-order valence-electron chi connectivity index (χ2n) is 2.17. The van der Waals surface area contributed by atoms with Gasteiger partial charge in [0.15, 0.2) is 0 Å². The maximum atomic E-state index is 9.03. The SMILES string of the molecule is [CH][C@@H]1O[C@H](C#C)[C@H](O)C1O. The van der Waals surface area contributed by atoms with E-state index < -0.39 is 24.4 Å². The Hall–Kier alpha value is -0.560. The molecular formula is C7H8O3. The lowest BCUT2D eigenvalue weighted by Gasteiger charge is -2.07. The standard InChI is InChI=1S/C7H8O3/c1-3-5-7(9)6(8)4(2)10-5/h1-2,4-9H/t4-,5+,6?,7-/m0/s1. The first-order valence-corrected chi connectivity index (χ1v) is 2.90. The number of aliphatic hydroxyl groups excluding tert-OH is 2. The molecule has 1 heterocycles. The van der Waals surface area contributed by atoms with Gasteiger partial charge in [0.25, 0.3) is 0 Å². The Balaban J connectivity index is 2.64. The van der Waals surface area contributed by atoms with Gasteiger partial charge in [0.05, 0.1) is 6.10 Å². The van der Waals surface area contributed by atoms with Crippen molar-refractivity contribution in [3.8, 4) is 12.3 Å². The Kier molecular flexibility index (Phi) is 1.95. The smallest absolute Gasteiger partial charge is 0.146 e. The second-order valence-corrected chi connectivity index (χ2v) is 2.17. The van der Waals surface area contributed by atoms with Crippen molar-refractivity contribution in [2.45, 2.75) is 24.4 Å². The van der Waals surface area contributed by atoms with Gasteiger partial charge in [-0.05, 0) is 6.92 Å². The van der Waals surface area contributed by atoms with Gasteiger partial charge in [-0.25, -0.2) is 0 Å². The number of aliphatic hydroxyl groups is 2. The minimum atomic E-state index is -1.07. The van der Waals surface area contributed by atoms with Crippen LogP contribution in [-0.4, -0.2) is 34.6 Å². The minimum Gasteiger partial charge on any atom is -0.388 e. The van der Waals surface area contributed by atoms with E-state index in [4.69, 9.17) is 28.3 Å². The van der Waals surface area contributed by atoms with Gasteiger partial charge in [0.1, 0.15) is 18.3 Å². The molecule has 4 atom stereocenters. The molecule has 1 saturated heterocycles. The maximum Gasteiger partial charge on any atom is 0.146 e. The predicted octanol–water partition coefficient (Wildman–Crippen LogP) is -1.18. The molecule has 0 spiro atoms. The summed E-state index contributed by atoms with van der Waals surface area (Å²) >= 11 is 0. The molecule has 0 saturated carbocycles. The summed E-state index contributed by atoms with van der Waals surface area (Å²) in [6.45, 7) is 5.21. The molecule has 3 nitrogen and oxygen atoms in total. The van der Waals surface area contributed by atoms with Crippen molar-refractivity contribution in [3.05, 3.63) is 6.92 Å². The van der Waals surface area contributed by atoms with Crippen molar-refractivity contribution in [1.82, 2.24) is 0 Å². The van der Waals surface area contributed by atoms with E-state index in [2.05, 4.69) is 5.92 Å². The number of hydrogen-bond acceptors (Lipinski definition) is 3. The Morgan fingerprint density at radius 3 is 2.10 bits per heavy atom. The van der Waals surface area contributed by atoms with Crippen LogP contribution in [0.1, 0.15) is 0 Å². The topological polar surface area (TPSA) is 49.7 Å². The minimum absolute atomic E-state index is 0.773. The first-order chi connectivity index (χ1) is 4.66. The third-order valence-electron chi connectivity index (χ3n) is 1.46. The van der Waals surface area contributed by atoms with Gasteiger partial charge < -0.3 is 14.9 Å². The molecule has 0 bridgehead atoms. The van der Waals surface area contributed by atoms with E-state index in [1.54, 1.807) is 0 Å². The fourth-order valence-electron chi connectivity index (χ4n) is 0.842. The maximum absolute atomic E-state index is 9.03. The van der Waals surface area contributed by atoms with Gasteiger partial charge in [-0.1, -0.05) is 5.92 Å². The van der Waals surface area contributed by atoms with Crippen molar-refractivity contribution < 1.29 is 14.9 Å². The third-order valence-corrected chi connectivity index (χ3v) is 1.46. The second kappa shape index (κ2) is 2.59. The molecule has 1 unspecified atom stereocenters. The van der Waals surface area contributed by atoms with E-state index in [1.807, 2.05) is 0 Å². The zero-order valence-electron chi connectivity index (χ0n) is 5.27. The van der Waals surface area contributed by atoms with Crippen molar-refractivity contribution >= 4 is 0 Å². The average Bonchev–Trinajstić information content (AvgIpc) is 2.17. The van der Waals surface area contributed by atoms with Crippen LogP contribution in [0.15, 0.2) is 0 Å². The van der Waals surface area contributed by atoms with Crippen LogP contribution < -0.4 is 0 Å². The molecule has 0 aliphatic carbocycles. The molecule has 1 fully saturated rings. The first kappa shape index (κ1) is 7.55. The summed E-state index contributed by atoms with van der Waals surface area (Å²) in [4.78, 5) is 0. The fraction of sp³-hybridized carbons (Fsp3) is 0.571. The lowest BCUT2D eigenvalue weighted by molar-refractivity contribution is 0.0398. The van der Waals surface area contributed by atoms with E-state index in [1.165, 1.54) is 0 Å². The molecule has 2 N–H and O–H groups in total. The largest absolute Gasteiger partial charge is 0.388 e. The van der Waals surface area contributed by atoms with Crippen molar-refractivity contribution in [1.29, 1.82) is 0 Å². The summed E-state index contributed by atoms with van der Waals surface area (Å²) in [5, 5.41) is 18.0. The molecule has 0 aromatic heterocycles. The average molecular weight is 140 g/mol. The van der Waals surface area contributed by atoms with E-state index >= 15 is 0 Å². The summed E-state index contributed by atoms with van der Waals surface area (Å²) in [6, 6.07) is 0. The molecule has 1 aliphatic heterocycles. The molecular weight excluding hydrogens is 132 g/mol. The quantitative estimate of drug-likeness (QED) is 0.416. The van der Waals surface area contributed by atoms with Gasteiger partial charge in [-0.3, -0.25) is 0 Å². The Morgan fingerprint density at radius 2 is 1.90 bits per heavy atom. The highest BCUT2D eigenvalue weighted by molar-refractivity contribution is 5.06. The van der Waals surface area contributed by atoms with Crippen LogP contribution in [0, 0.1) is 19.3 Å². The molecule has 0 aromatic rings. The van der Waals surface area contributed by atoms with Crippen LogP contribution in [0.3, 0.4) is 0 Å². The van der Waals surface area contributed by atoms with Gasteiger partial charge in [-0.2, -0.15) is 0 Å². The van der Waals surface area contributed by atoms with Crippen molar-refractivity contribution in [2.75, 3.05) is 0 Å². The van der Waals surface area contributed by atoms with E-state index in [-0.39, 0.29) is 0 Å². The summed E-state index contributed by atoms with van der Waals surface area (Å²) < 4.78 is 4.78. The van der Waals surface area contributed by atoms with Crippen LogP contribution in [0.4, 0.5) is 0 Å². The molecule has 10 heavy (non-hydrogen) atoms. The van der Waals surface area contributed by atoms with Crippen molar-refractivity contribution in [2.24, 2.45) is 0 Å². The number of hydrogen-bond donors (Lipinski definition) is 2. The Labute approximate surface area is 59.6 Å². The summed E-state index contributed by atoms with van der Waals surface area (Å²) in [7, 11) is 0. The molecule has 3 heteroatoms. The predicted molar refractivity (Wildman–Crippen MR) is 33.8 cm³/mol. The van der Waals surface area contributed by atoms with Gasteiger partial charge in [-0.15, -0.1) is 6.42 Å². The first-order valence-electron chi connectivity index (χ1n) is 2.90. The third kappa shape index (κ3) is 1.01. The van der Waals surface area contributed by atoms with Crippen LogP contribution >= 0.6 is 0 Å². The molecule has 0 aromatic carbocycles. The molecule has 1 aliphatic rings. The highest BCUT2D eigenvalue weighted by Gasteiger charge is 2.39. The number of ether oxygens (including phenoxy) is 1. The highest BCUT2D eigenvalue weighted by Crippen LogP contribution is 2.19. The zero-order valence-corrected chi connectivity index (χ0v) is 5.27. The van der Waals surface area contributed by atoms with Crippen LogP contribution in [0.25, 0.3) is 0 Å². The lowest BCUT2D eigenvalue weighted by atomic mass is 10.1. The zero-order chi connectivity index (χ0) is 7.72. The van der Waals surface area contributed by atoms with Gasteiger partial charge in [0.2, 0.25) is 0 Å². The summed E-state index contributed by atoms with van der Waals surface area (Å²) in [6.07, 6.45) is 1.19. The van der Waals surface area contributed by atoms with E-state index in [0.29, 0.717) is 0 Å². The van der Waals surface area contributed by atoms with E-state index in [9.17, 15) is 0 Å². The lowest BCUT2D eigenvalue weighted by Crippen LogP contribution is -2.30. The molecule has 0 amide bonds. The van der Waals surface area contributed by atoms with Crippen LogP contribution in [-0.2, 0) is 4.74 Å². The van der Waals surface area contributed by atoms with Crippen LogP contribution in [0.2, 0.25) is 0 Å². The number of terminal acetylenes is 1. The van der Waals surface area contributed by atoms with Crippen molar-refractivity contribution in [3.63, 3.8) is 0 Å². The Morgan fingerprint density at radius 1 is 1.30 bits per heavy atom. The summed E-state index contributed by atoms with van der Waals surface area (Å²) in [5.74, 6) is 2.16. The summed E-state index contributed by atoms with van der Waals surface area (Å²) in [5.41, 5.74) is 0. The van der Waals surface area contributed by atoms with Crippen LogP contribution in [0.5, 0.6) is 0 Å². The highest BCUT2D eigenvalue weighted by atomic mass is 16.5. The normalized spacial score (nSPS) is 47.0. The Bertz CT molecular complexity index is 161. The van der Waals surface area contributed by atoms with Gasteiger partial charge in [0, 0.05) is 0 Å². The van der Waals surface area contributed by atoms with Gasteiger partial charge >= 0.3 is 0 Å². The molecule has 1 rings (SSSR count).